The zero-order chi connectivity index (χ0) is 16.8. The number of rotatable bonds is 4. The molecule has 0 spiro atoms. The molecule has 1 heterocycles. The molecule has 23 heavy (non-hydrogen) atoms. The molecule has 0 saturated carbocycles. The highest BCUT2D eigenvalue weighted by Gasteiger charge is 2.27. The van der Waals surface area contributed by atoms with Crippen LogP contribution < -0.4 is 4.90 Å². The van der Waals surface area contributed by atoms with E-state index in [1.165, 1.54) is 11.8 Å². The Morgan fingerprint density at radius 1 is 1.30 bits per heavy atom. The highest BCUT2D eigenvalue weighted by atomic mass is 16.2. The van der Waals surface area contributed by atoms with E-state index in [0.717, 1.165) is 32.2 Å². The van der Waals surface area contributed by atoms with Crippen molar-refractivity contribution in [3.63, 3.8) is 0 Å². The van der Waals surface area contributed by atoms with Gasteiger partial charge in [0.15, 0.2) is 0 Å². The van der Waals surface area contributed by atoms with Crippen LogP contribution in [0.2, 0.25) is 0 Å². The molecule has 0 radical (unpaired) electrons. The van der Waals surface area contributed by atoms with E-state index in [1.54, 1.807) is 24.3 Å². The number of piperidine rings is 1. The number of carbonyl (C=O) groups excluding carboxylic acids is 2. The lowest BCUT2D eigenvalue weighted by atomic mass is 10.00. The van der Waals surface area contributed by atoms with Gasteiger partial charge in [-0.25, -0.2) is 0 Å². The van der Waals surface area contributed by atoms with Crippen LogP contribution in [0, 0.1) is 11.3 Å². The van der Waals surface area contributed by atoms with E-state index in [-0.39, 0.29) is 24.4 Å². The summed E-state index contributed by atoms with van der Waals surface area (Å²) in [6, 6.07) is 9.07. The largest absolute Gasteiger partial charge is 0.338 e. The first kappa shape index (κ1) is 17.0. The molecule has 0 aliphatic carbocycles. The quantitative estimate of drug-likeness (QED) is 0.858. The van der Waals surface area contributed by atoms with Crippen LogP contribution in [0.25, 0.3) is 0 Å². The molecule has 2 amide bonds. The van der Waals surface area contributed by atoms with E-state index < -0.39 is 0 Å². The lowest BCUT2D eigenvalue weighted by molar-refractivity contribution is -0.134. The number of carbonyl (C=O) groups is 2. The lowest BCUT2D eigenvalue weighted by Gasteiger charge is -2.36. The van der Waals surface area contributed by atoms with Gasteiger partial charge in [0.05, 0.1) is 11.6 Å². The molecule has 0 N–H and O–H groups in total. The summed E-state index contributed by atoms with van der Waals surface area (Å²) in [6.07, 6.45) is 4.18. The number of nitriles is 1. The first-order valence-electron chi connectivity index (χ1n) is 8.14. The SMILES string of the molecule is CCC1CCCCN1C(=O)CN(C(C)=O)c1ccc(C#N)cc1. The van der Waals surface area contributed by atoms with Crippen molar-refractivity contribution in [2.24, 2.45) is 0 Å². The zero-order valence-electron chi connectivity index (χ0n) is 13.8. The summed E-state index contributed by atoms with van der Waals surface area (Å²) in [5.41, 5.74) is 1.18. The van der Waals surface area contributed by atoms with Crippen LogP contribution in [0.5, 0.6) is 0 Å². The predicted molar refractivity (Wildman–Crippen MR) is 88.8 cm³/mol. The molecule has 2 rings (SSSR count). The van der Waals surface area contributed by atoms with Gasteiger partial charge < -0.3 is 9.80 Å². The maximum absolute atomic E-state index is 12.7. The monoisotopic (exact) mass is 313 g/mol. The van der Waals surface area contributed by atoms with E-state index in [9.17, 15) is 9.59 Å². The summed E-state index contributed by atoms with van der Waals surface area (Å²) in [7, 11) is 0. The van der Waals surface area contributed by atoms with Gasteiger partial charge in [-0.05, 0) is 49.9 Å². The number of nitrogens with zero attached hydrogens (tertiary/aromatic N) is 3. The average molecular weight is 313 g/mol. The van der Waals surface area contributed by atoms with E-state index >= 15 is 0 Å². The smallest absolute Gasteiger partial charge is 0.242 e. The molecule has 1 aromatic carbocycles. The Balaban J connectivity index is 2.13. The van der Waals surface area contributed by atoms with Crippen molar-refractivity contribution in [1.82, 2.24) is 4.90 Å². The Labute approximate surface area is 137 Å². The van der Waals surface area contributed by atoms with Gasteiger partial charge in [-0.3, -0.25) is 9.59 Å². The average Bonchev–Trinajstić information content (AvgIpc) is 2.59. The molecule has 1 aromatic rings. The number of hydrogen-bond acceptors (Lipinski definition) is 3. The number of amides is 2. The summed E-state index contributed by atoms with van der Waals surface area (Å²) in [5, 5.41) is 8.86. The van der Waals surface area contributed by atoms with E-state index in [2.05, 4.69) is 6.92 Å². The van der Waals surface area contributed by atoms with Gasteiger partial charge in [-0.1, -0.05) is 6.92 Å². The number of benzene rings is 1. The van der Waals surface area contributed by atoms with Gasteiger partial charge in [0.1, 0.15) is 6.54 Å². The molecular weight excluding hydrogens is 290 g/mol. The fourth-order valence-corrected chi connectivity index (χ4v) is 3.08. The highest BCUT2D eigenvalue weighted by molar-refractivity contribution is 5.97. The van der Waals surface area contributed by atoms with Crippen molar-refractivity contribution < 1.29 is 9.59 Å². The van der Waals surface area contributed by atoms with Crippen molar-refractivity contribution in [1.29, 1.82) is 5.26 Å². The Morgan fingerprint density at radius 3 is 2.57 bits per heavy atom. The van der Waals surface area contributed by atoms with Crippen LogP contribution in [0.15, 0.2) is 24.3 Å². The van der Waals surface area contributed by atoms with Crippen molar-refractivity contribution in [2.45, 2.75) is 45.6 Å². The van der Waals surface area contributed by atoms with Gasteiger partial charge in [0, 0.05) is 25.2 Å². The fraction of sp³-hybridized carbons (Fsp3) is 0.500. The Morgan fingerprint density at radius 2 is 2.00 bits per heavy atom. The maximum atomic E-state index is 12.7. The predicted octanol–water partition coefficient (Wildman–Crippen LogP) is 2.70. The third kappa shape index (κ3) is 4.10. The summed E-state index contributed by atoms with van der Waals surface area (Å²) < 4.78 is 0. The molecule has 1 aliphatic rings. The molecule has 1 atom stereocenters. The fourth-order valence-electron chi connectivity index (χ4n) is 3.08. The minimum atomic E-state index is -0.173. The van der Waals surface area contributed by atoms with Gasteiger partial charge in [0.25, 0.3) is 0 Å². The van der Waals surface area contributed by atoms with Crippen LogP contribution in [0.4, 0.5) is 5.69 Å². The van der Waals surface area contributed by atoms with Gasteiger partial charge in [-0.2, -0.15) is 5.26 Å². The number of likely N-dealkylation sites (tertiary alicyclic amines) is 1. The topological polar surface area (TPSA) is 64.4 Å². The summed E-state index contributed by atoms with van der Waals surface area (Å²) in [4.78, 5) is 28.0. The minimum Gasteiger partial charge on any atom is -0.338 e. The van der Waals surface area contributed by atoms with Gasteiger partial charge >= 0.3 is 0 Å². The normalized spacial score (nSPS) is 17.4. The standard InChI is InChI=1S/C18H23N3O2/c1-3-16-6-4-5-11-20(16)18(23)13-21(14(2)22)17-9-7-15(12-19)8-10-17/h7-10,16H,3-6,11,13H2,1-2H3. The highest BCUT2D eigenvalue weighted by Crippen LogP contribution is 2.21. The summed E-state index contributed by atoms with van der Waals surface area (Å²) in [6.45, 7) is 4.38. The molecule has 1 fully saturated rings. The van der Waals surface area contributed by atoms with Gasteiger partial charge in [-0.15, -0.1) is 0 Å². The van der Waals surface area contributed by atoms with E-state index in [0.29, 0.717) is 11.3 Å². The van der Waals surface area contributed by atoms with Crippen molar-refractivity contribution in [2.75, 3.05) is 18.0 Å². The van der Waals surface area contributed by atoms with E-state index in [1.807, 2.05) is 11.0 Å². The molecule has 122 valence electrons. The van der Waals surface area contributed by atoms with Crippen LogP contribution >= 0.6 is 0 Å². The molecule has 0 bridgehead atoms. The van der Waals surface area contributed by atoms with E-state index in [4.69, 9.17) is 5.26 Å². The Kier molecular flexibility index (Phi) is 5.75. The lowest BCUT2D eigenvalue weighted by Crippen LogP contribution is -2.48. The molecule has 1 unspecified atom stereocenters. The van der Waals surface area contributed by atoms with Gasteiger partial charge in [0.2, 0.25) is 11.8 Å². The third-order valence-electron chi connectivity index (χ3n) is 4.40. The second kappa shape index (κ2) is 7.77. The van der Waals surface area contributed by atoms with Crippen molar-refractivity contribution in [3.05, 3.63) is 29.8 Å². The Hall–Kier alpha value is -2.35. The molecule has 1 saturated heterocycles. The van der Waals surface area contributed by atoms with Crippen LogP contribution in [0.1, 0.15) is 45.1 Å². The molecule has 5 heteroatoms. The molecule has 0 aromatic heterocycles. The third-order valence-corrected chi connectivity index (χ3v) is 4.40. The number of hydrogen-bond donors (Lipinski definition) is 0. The zero-order valence-corrected chi connectivity index (χ0v) is 13.8. The molecular formula is C18H23N3O2. The second-order valence-corrected chi connectivity index (χ2v) is 5.91. The molecule has 5 nitrogen and oxygen atoms in total. The minimum absolute atomic E-state index is 0.00360. The van der Waals surface area contributed by atoms with Crippen molar-refractivity contribution >= 4 is 17.5 Å². The number of anilines is 1. The second-order valence-electron chi connectivity index (χ2n) is 5.91. The first-order chi connectivity index (χ1) is 11.1. The summed E-state index contributed by atoms with van der Waals surface area (Å²) in [5.74, 6) is -0.177. The van der Waals surface area contributed by atoms with Crippen LogP contribution in [-0.4, -0.2) is 35.8 Å². The van der Waals surface area contributed by atoms with Crippen LogP contribution in [0.3, 0.4) is 0 Å². The maximum Gasteiger partial charge on any atom is 0.242 e. The Bertz CT molecular complexity index is 604. The summed E-state index contributed by atoms with van der Waals surface area (Å²) >= 11 is 0. The van der Waals surface area contributed by atoms with Crippen molar-refractivity contribution in [3.8, 4) is 6.07 Å². The van der Waals surface area contributed by atoms with Crippen LogP contribution in [-0.2, 0) is 9.59 Å². The molecule has 1 aliphatic heterocycles. The first-order valence-corrected chi connectivity index (χ1v) is 8.14.